The number of pyridine rings is 2. The standard InChI is InChI=1S/C23H25N5O5S/c1-15-10-16(12-17(11-15)34(31,32)27(2)3)23(30)28(14-21(24)29)20-13-25-9-7-18(20)19-6-5-8-26-22(19)33-4/h5-13H,14H2,1-4H3,(H2,24,29). The first-order chi connectivity index (χ1) is 16.1. The monoisotopic (exact) mass is 483 g/mol. The van der Waals surface area contributed by atoms with E-state index in [1.54, 1.807) is 37.4 Å². The summed E-state index contributed by atoms with van der Waals surface area (Å²) in [5, 5.41) is 0. The molecule has 2 N–H and O–H groups in total. The van der Waals surface area contributed by atoms with Gasteiger partial charge in [-0.05, 0) is 48.9 Å². The van der Waals surface area contributed by atoms with Gasteiger partial charge in [0.05, 0.1) is 23.9 Å². The third kappa shape index (κ3) is 5.05. The van der Waals surface area contributed by atoms with Crippen molar-refractivity contribution in [3.8, 4) is 17.0 Å². The Kier molecular flexibility index (Phi) is 7.28. The lowest BCUT2D eigenvalue weighted by molar-refractivity contribution is -0.116. The van der Waals surface area contributed by atoms with E-state index in [-0.39, 0.29) is 16.1 Å². The van der Waals surface area contributed by atoms with Gasteiger partial charge < -0.3 is 10.5 Å². The molecule has 0 radical (unpaired) electrons. The topological polar surface area (TPSA) is 136 Å². The average molecular weight is 484 g/mol. The second-order valence-electron chi connectivity index (χ2n) is 7.63. The highest BCUT2D eigenvalue weighted by Crippen LogP contribution is 2.35. The van der Waals surface area contributed by atoms with Gasteiger partial charge >= 0.3 is 0 Å². The van der Waals surface area contributed by atoms with Crippen molar-refractivity contribution in [1.82, 2.24) is 14.3 Å². The fraction of sp³-hybridized carbons (Fsp3) is 0.217. The van der Waals surface area contributed by atoms with Crippen molar-refractivity contribution in [2.75, 3.05) is 32.6 Å². The number of anilines is 1. The first kappa shape index (κ1) is 24.8. The molecule has 2 aromatic heterocycles. The van der Waals surface area contributed by atoms with E-state index in [1.165, 1.54) is 45.7 Å². The number of nitrogens with two attached hydrogens (primary N) is 1. The molecule has 0 aliphatic rings. The summed E-state index contributed by atoms with van der Waals surface area (Å²) in [7, 11) is 0.485. The van der Waals surface area contributed by atoms with Gasteiger partial charge in [-0.1, -0.05) is 0 Å². The number of methoxy groups -OCH3 is 1. The number of hydrogen-bond acceptors (Lipinski definition) is 7. The zero-order valence-corrected chi connectivity index (χ0v) is 20.0. The minimum absolute atomic E-state index is 0.0415. The quantitative estimate of drug-likeness (QED) is 0.516. The first-order valence-corrected chi connectivity index (χ1v) is 11.6. The summed E-state index contributed by atoms with van der Waals surface area (Å²) in [5.41, 5.74) is 7.50. The molecular formula is C23H25N5O5S. The number of carbonyl (C=O) groups excluding carboxylic acids is 2. The number of sulfonamides is 1. The maximum Gasteiger partial charge on any atom is 0.258 e. The van der Waals surface area contributed by atoms with Crippen LogP contribution in [0.2, 0.25) is 0 Å². The largest absolute Gasteiger partial charge is 0.481 e. The lowest BCUT2D eigenvalue weighted by Crippen LogP contribution is -2.39. The van der Waals surface area contributed by atoms with Crippen LogP contribution in [-0.4, -0.2) is 62.3 Å². The summed E-state index contributed by atoms with van der Waals surface area (Å²) < 4.78 is 31.8. The Balaban J connectivity index is 2.19. The predicted octanol–water partition coefficient (Wildman–Crippen LogP) is 1.84. The van der Waals surface area contributed by atoms with Crippen LogP contribution in [0.15, 0.2) is 59.9 Å². The number of nitrogens with zero attached hydrogens (tertiary/aromatic N) is 4. The van der Waals surface area contributed by atoms with E-state index in [9.17, 15) is 18.0 Å². The lowest BCUT2D eigenvalue weighted by Gasteiger charge is -2.24. The Morgan fingerprint density at radius 2 is 1.82 bits per heavy atom. The Bertz CT molecular complexity index is 1340. The predicted molar refractivity (Wildman–Crippen MR) is 127 cm³/mol. The first-order valence-electron chi connectivity index (χ1n) is 10.1. The molecule has 0 bridgehead atoms. The van der Waals surface area contributed by atoms with Crippen LogP contribution in [0.1, 0.15) is 15.9 Å². The number of carbonyl (C=O) groups is 2. The van der Waals surface area contributed by atoms with Gasteiger partial charge in [0.2, 0.25) is 21.8 Å². The Hall–Kier alpha value is -3.83. The fourth-order valence-corrected chi connectivity index (χ4v) is 4.43. The molecule has 0 unspecified atom stereocenters. The van der Waals surface area contributed by atoms with Gasteiger partial charge in [-0.25, -0.2) is 17.7 Å². The molecule has 0 fully saturated rings. The van der Waals surface area contributed by atoms with Gasteiger partial charge in [-0.2, -0.15) is 0 Å². The summed E-state index contributed by atoms with van der Waals surface area (Å²) >= 11 is 0. The van der Waals surface area contributed by atoms with Gasteiger partial charge in [0.25, 0.3) is 5.91 Å². The highest BCUT2D eigenvalue weighted by molar-refractivity contribution is 7.89. The normalized spacial score (nSPS) is 11.3. The molecule has 11 heteroatoms. The van der Waals surface area contributed by atoms with Crippen LogP contribution in [0.5, 0.6) is 5.88 Å². The number of aromatic nitrogens is 2. The number of aryl methyl sites for hydroxylation is 1. The molecule has 0 aliphatic heterocycles. The number of hydrogen-bond donors (Lipinski definition) is 1. The molecule has 2 amide bonds. The van der Waals surface area contributed by atoms with Crippen LogP contribution in [0.25, 0.3) is 11.1 Å². The van der Waals surface area contributed by atoms with E-state index < -0.39 is 28.4 Å². The van der Waals surface area contributed by atoms with Crippen LogP contribution >= 0.6 is 0 Å². The average Bonchev–Trinajstić information content (AvgIpc) is 2.81. The van der Waals surface area contributed by atoms with Crippen molar-refractivity contribution in [1.29, 1.82) is 0 Å². The van der Waals surface area contributed by atoms with Gasteiger partial charge in [0.15, 0.2) is 0 Å². The number of amides is 2. The zero-order valence-electron chi connectivity index (χ0n) is 19.2. The van der Waals surface area contributed by atoms with Crippen molar-refractivity contribution in [2.45, 2.75) is 11.8 Å². The third-order valence-corrected chi connectivity index (χ3v) is 6.77. The van der Waals surface area contributed by atoms with E-state index in [1.807, 2.05) is 0 Å². The molecule has 0 spiro atoms. The highest BCUT2D eigenvalue weighted by Gasteiger charge is 2.26. The number of rotatable bonds is 8. The fourth-order valence-electron chi connectivity index (χ4n) is 3.40. The molecule has 178 valence electrons. The van der Waals surface area contributed by atoms with E-state index >= 15 is 0 Å². The van der Waals surface area contributed by atoms with E-state index in [4.69, 9.17) is 10.5 Å². The molecule has 34 heavy (non-hydrogen) atoms. The van der Waals surface area contributed by atoms with Crippen molar-refractivity contribution in [3.05, 3.63) is 66.1 Å². The molecule has 0 saturated heterocycles. The molecular weight excluding hydrogens is 458 g/mol. The van der Waals surface area contributed by atoms with Crippen LogP contribution in [0.3, 0.4) is 0 Å². The summed E-state index contributed by atoms with van der Waals surface area (Å²) in [6, 6.07) is 9.42. The van der Waals surface area contributed by atoms with E-state index in [0.717, 1.165) is 9.21 Å². The SMILES string of the molecule is COc1ncccc1-c1ccncc1N(CC(N)=O)C(=O)c1cc(C)cc(S(=O)(=O)N(C)C)c1. The molecule has 3 rings (SSSR count). The maximum absolute atomic E-state index is 13.7. The Labute approximate surface area is 198 Å². The third-order valence-electron chi connectivity index (χ3n) is 4.98. The van der Waals surface area contributed by atoms with E-state index in [2.05, 4.69) is 9.97 Å². The van der Waals surface area contributed by atoms with Crippen LogP contribution < -0.4 is 15.4 Å². The van der Waals surface area contributed by atoms with Gasteiger partial charge in [0.1, 0.15) is 6.54 Å². The maximum atomic E-state index is 13.7. The van der Waals surface area contributed by atoms with Crippen molar-refractivity contribution >= 4 is 27.5 Å². The van der Waals surface area contributed by atoms with Crippen molar-refractivity contribution in [2.24, 2.45) is 5.73 Å². The molecule has 3 aromatic rings. The summed E-state index contributed by atoms with van der Waals surface area (Å²) in [6.45, 7) is 1.23. The summed E-state index contributed by atoms with van der Waals surface area (Å²) in [5.74, 6) is -1.05. The summed E-state index contributed by atoms with van der Waals surface area (Å²) in [4.78, 5) is 35.0. The smallest absolute Gasteiger partial charge is 0.258 e. The van der Waals surface area contributed by atoms with Gasteiger partial charge in [-0.3, -0.25) is 19.5 Å². The number of primary amides is 1. The second-order valence-corrected chi connectivity index (χ2v) is 9.78. The molecule has 0 atom stereocenters. The van der Waals surface area contributed by atoms with Crippen LogP contribution in [0.4, 0.5) is 5.69 Å². The summed E-state index contributed by atoms with van der Waals surface area (Å²) in [6.07, 6.45) is 4.53. The Morgan fingerprint density at radius 1 is 1.09 bits per heavy atom. The molecule has 0 aliphatic carbocycles. The Morgan fingerprint density at radius 3 is 2.47 bits per heavy atom. The molecule has 10 nitrogen and oxygen atoms in total. The van der Waals surface area contributed by atoms with Gasteiger partial charge in [-0.15, -0.1) is 0 Å². The van der Waals surface area contributed by atoms with Crippen molar-refractivity contribution in [3.63, 3.8) is 0 Å². The second kappa shape index (κ2) is 9.98. The number of benzene rings is 1. The van der Waals surface area contributed by atoms with Crippen molar-refractivity contribution < 1.29 is 22.7 Å². The van der Waals surface area contributed by atoms with E-state index in [0.29, 0.717) is 22.6 Å². The van der Waals surface area contributed by atoms with Crippen LogP contribution in [-0.2, 0) is 14.8 Å². The molecule has 0 saturated carbocycles. The zero-order chi connectivity index (χ0) is 25.0. The van der Waals surface area contributed by atoms with Crippen LogP contribution in [0, 0.1) is 6.92 Å². The highest BCUT2D eigenvalue weighted by atomic mass is 32.2. The molecule has 2 heterocycles. The molecule has 1 aromatic carbocycles. The van der Waals surface area contributed by atoms with Gasteiger partial charge in [0, 0.05) is 43.2 Å². The number of ether oxygens (including phenoxy) is 1. The lowest BCUT2D eigenvalue weighted by atomic mass is 10.0. The minimum Gasteiger partial charge on any atom is -0.481 e. The minimum atomic E-state index is -3.80.